The molecule has 0 aliphatic rings. The highest BCUT2D eigenvalue weighted by Crippen LogP contribution is 2.26. The second-order valence-corrected chi connectivity index (χ2v) is 4.21. The first-order valence-corrected chi connectivity index (χ1v) is 5.74. The summed E-state index contributed by atoms with van der Waals surface area (Å²) in [7, 11) is 1.81. The average Bonchev–Trinajstić information content (AvgIpc) is 2.38. The number of anilines is 2. The van der Waals surface area contributed by atoms with Crippen LogP contribution in [0.5, 0.6) is 0 Å². The van der Waals surface area contributed by atoms with E-state index in [1.807, 2.05) is 13.1 Å². The van der Waals surface area contributed by atoms with E-state index < -0.39 is 0 Å². The molecular weight excluding hydrogens is 249 g/mol. The SMILES string of the molecule is CN(c1cccc(F)c1)c1cccnc1C(N)=S. The lowest BCUT2D eigenvalue weighted by molar-refractivity contribution is 0.628. The summed E-state index contributed by atoms with van der Waals surface area (Å²) in [6, 6.07) is 9.92. The zero-order valence-corrected chi connectivity index (χ0v) is 10.6. The third kappa shape index (κ3) is 2.46. The molecule has 1 heterocycles. The van der Waals surface area contributed by atoms with Crippen LogP contribution in [0.15, 0.2) is 42.6 Å². The molecule has 0 unspecified atom stereocenters. The van der Waals surface area contributed by atoms with E-state index in [4.69, 9.17) is 18.0 Å². The molecule has 0 atom stereocenters. The van der Waals surface area contributed by atoms with Crippen molar-refractivity contribution in [2.45, 2.75) is 0 Å². The van der Waals surface area contributed by atoms with Crippen molar-refractivity contribution < 1.29 is 4.39 Å². The van der Waals surface area contributed by atoms with Gasteiger partial charge < -0.3 is 10.6 Å². The Balaban J connectivity index is 2.46. The van der Waals surface area contributed by atoms with Gasteiger partial charge >= 0.3 is 0 Å². The third-order valence-corrected chi connectivity index (χ3v) is 2.77. The highest BCUT2D eigenvalue weighted by atomic mass is 32.1. The van der Waals surface area contributed by atoms with E-state index in [0.717, 1.165) is 5.69 Å². The number of aromatic nitrogens is 1. The van der Waals surface area contributed by atoms with Gasteiger partial charge in [0.25, 0.3) is 0 Å². The van der Waals surface area contributed by atoms with E-state index in [0.29, 0.717) is 11.4 Å². The van der Waals surface area contributed by atoms with Gasteiger partial charge in [0.05, 0.1) is 5.69 Å². The summed E-state index contributed by atoms with van der Waals surface area (Å²) in [4.78, 5) is 6.16. The standard InChI is InChI=1S/C13H12FN3S/c1-17(10-5-2-4-9(14)8-10)11-6-3-7-16-12(11)13(15)18/h2-8H,1H3,(H2,15,18). The minimum Gasteiger partial charge on any atom is -0.388 e. The molecule has 0 radical (unpaired) electrons. The minimum absolute atomic E-state index is 0.217. The van der Waals surface area contributed by atoms with Crippen LogP contribution in [0.4, 0.5) is 15.8 Å². The summed E-state index contributed by atoms with van der Waals surface area (Å²) in [5, 5.41) is 0. The molecule has 0 aliphatic heterocycles. The molecule has 0 bridgehead atoms. The number of nitrogens with zero attached hydrogens (tertiary/aromatic N) is 2. The second kappa shape index (κ2) is 5.10. The molecule has 0 fully saturated rings. The van der Waals surface area contributed by atoms with Crippen LogP contribution in [0, 0.1) is 5.82 Å². The molecule has 3 nitrogen and oxygen atoms in total. The van der Waals surface area contributed by atoms with Crippen molar-refractivity contribution in [1.82, 2.24) is 4.98 Å². The molecule has 18 heavy (non-hydrogen) atoms. The van der Waals surface area contributed by atoms with Crippen molar-refractivity contribution in [1.29, 1.82) is 0 Å². The van der Waals surface area contributed by atoms with E-state index in [2.05, 4.69) is 4.98 Å². The quantitative estimate of drug-likeness (QED) is 0.862. The van der Waals surface area contributed by atoms with Crippen LogP contribution in [0.3, 0.4) is 0 Å². The van der Waals surface area contributed by atoms with E-state index in [1.54, 1.807) is 29.3 Å². The smallest absolute Gasteiger partial charge is 0.125 e. The number of hydrogen-bond acceptors (Lipinski definition) is 3. The highest BCUT2D eigenvalue weighted by molar-refractivity contribution is 7.80. The number of thiocarbonyl (C=S) groups is 1. The van der Waals surface area contributed by atoms with Gasteiger partial charge in [0, 0.05) is 18.9 Å². The molecule has 2 aromatic rings. The zero-order chi connectivity index (χ0) is 13.1. The summed E-state index contributed by atoms with van der Waals surface area (Å²) < 4.78 is 13.2. The first kappa shape index (κ1) is 12.4. The van der Waals surface area contributed by atoms with Gasteiger partial charge in [-0.15, -0.1) is 0 Å². The number of hydrogen-bond donors (Lipinski definition) is 1. The summed E-state index contributed by atoms with van der Waals surface area (Å²) >= 11 is 4.96. The van der Waals surface area contributed by atoms with Gasteiger partial charge in [-0.1, -0.05) is 18.3 Å². The summed E-state index contributed by atoms with van der Waals surface area (Å²) in [5.41, 5.74) is 7.61. The summed E-state index contributed by atoms with van der Waals surface area (Å²) in [6.07, 6.45) is 1.62. The molecule has 0 amide bonds. The number of halogens is 1. The maximum absolute atomic E-state index is 13.2. The minimum atomic E-state index is -0.292. The lowest BCUT2D eigenvalue weighted by Gasteiger charge is -2.21. The number of rotatable bonds is 3. The van der Waals surface area contributed by atoms with Gasteiger partial charge in [-0.2, -0.15) is 0 Å². The van der Waals surface area contributed by atoms with Gasteiger partial charge in [-0.3, -0.25) is 4.98 Å². The Morgan fingerprint density at radius 3 is 2.78 bits per heavy atom. The monoisotopic (exact) mass is 261 g/mol. The molecule has 0 saturated carbocycles. The Morgan fingerprint density at radius 1 is 1.33 bits per heavy atom. The Morgan fingerprint density at radius 2 is 2.11 bits per heavy atom. The summed E-state index contributed by atoms with van der Waals surface area (Å²) in [5.74, 6) is -0.292. The Hall–Kier alpha value is -2.01. The van der Waals surface area contributed by atoms with Crippen LogP contribution in [-0.4, -0.2) is 17.0 Å². The van der Waals surface area contributed by atoms with E-state index in [-0.39, 0.29) is 10.8 Å². The van der Waals surface area contributed by atoms with Crippen molar-refractivity contribution >= 4 is 28.6 Å². The Labute approximate surface area is 110 Å². The first-order chi connectivity index (χ1) is 8.59. The molecule has 1 aromatic carbocycles. The fraction of sp³-hybridized carbons (Fsp3) is 0.0769. The van der Waals surface area contributed by atoms with Crippen molar-refractivity contribution in [3.05, 3.63) is 54.1 Å². The lowest BCUT2D eigenvalue weighted by atomic mass is 10.2. The highest BCUT2D eigenvalue weighted by Gasteiger charge is 2.12. The second-order valence-electron chi connectivity index (χ2n) is 3.77. The molecule has 0 spiro atoms. The van der Waals surface area contributed by atoms with Gasteiger partial charge in [-0.25, -0.2) is 4.39 Å². The van der Waals surface area contributed by atoms with Crippen LogP contribution in [0.1, 0.15) is 5.69 Å². The van der Waals surface area contributed by atoms with Gasteiger partial charge in [0.15, 0.2) is 0 Å². The predicted molar refractivity (Wildman–Crippen MR) is 74.6 cm³/mol. The van der Waals surface area contributed by atoms with Crippen LogP contribution in [-0.2, 0) is 0 Å². The van der Waals surface area contributed by atoms with Gasteiger partial charge in [0.1, 0.15) is 16.5 Å². The molecule has 0 aliphatic carbocycles. The number of benzene rings is 1. The number of nitrogens with two attached hydrogens (primary N) is 1. The fourth-order valence-electron chi connectivity index (χ4n) is 1.68. The average molecular weight is 261 g/mol. The predicted octanol–water partition coefficient (Wildman–Crippen LogP) is 2.62. The van der Waals surface area contributed by atoms with Crippen molar-refractivity contribution in [3.63, 3.8) is 0 Å². The molecule has 92 valence electrons. The van der Waals surface area contributed by atoms with E-state index >= 15 is 0 Å². The first-order valence-electron chi connectivity index (χ1n) is 5.33. The van der Waals surface area contributed by atoms with Crippen molar-refractivity contribution in [2.24, 2.45) is 5.73 Å². The topological polar surface area (TPSA) is 42.2 Å². The number of pyridine rings is 1. The van der Waals surface area contributed by atoms with Crippen LogP contribution >= 0.6 is 12.2 Å². The maximum Gasteiger partial charge on any atom is 0.125 e. The largest absolute Gasteiger partial charge is 0.388 e. The van der Waals surface area contributed by atoms with Gasteiger partial charge in [0.2, 0.25) is 0 Å². The van der Waals surface area contributed by atoms with Crippen LogP contribution in [0.2, 0.25) is 0 Å². The molecule has 2 N–H and O–H groups in total. The third-order valence-electron chi connectivity index (χ3n) is 2.58. The normalized spacial score (nSPS) is 10.1. The molecule has 2 rings (SSSR count). The Bertz CT molecular complexity index is 586. The van der Waals surface area contributed by atoms with E-state index in [1.165, 1.54) is 12.1 Å². The van der Waals surface area contributed by atoms with Crippen LogP contribution in [0.25, 0.3) is 0 Å². The molecule has 0 saturated heterocycles. The zero-order valence-electron chi connectivity index (χ0n) is 9.80. The van der Waals surface area contributed by atoms with Crippen molar-refractivity contribution in [3.8, 4) is 0 Å². The molecule has 1 aromatic heterocycles. The van der Waals surface area contributed by atoms with Gasteiger partial charge in [-0.05, 0) is 30.3 Å². The molecule has 5 heteroatoms. The summed E-state index contributed by atoms with van der Waals surface area (Å²) in [6.45, 7) is 0. The fourth-order valence-corrected chi connectivity index (χ4v) is 1.84. The lowest BCUT2D eigenvalue weighted by Crippen LogP contribution is -2.19. The van der Waals surface area contributed by atoms with Crippen LogP contribution < -0.4 is 10.6 Å². The van der Waals surface area contributed by atoms with Crippen molar-refractivity contribution in [2.75, 3.05) is 11.9 Å². The molecular formula is C13H12FN3S. The van der Waals surface area contributed by atoms with E-state index in [9.17, 15) is 4.39 Å². The Kier molecular flexibility index (Phi) is 3.53. The maximum atomic E-state index is 13.2.